The minimum atomic E-state index is -0.606. The predicted octanol–water partition coefficient (Wildman–Crippen LogP) is 4.54. The molecule has 2 heteroatoms. The second-order valence-corrected chi connectivity index (χ2v) is 6.96. The van der Waals surface area contributed by atoms with Gasteiger partial charge in [0.05, 0.1) is 6.10 Å². The number of aliphatic hydroxyl groups is 1. The van der Waals surface area contributed by atoms with Gasteiger partial charge in [0.1, 0.15) is 5.78 Å². The fourth-order valence-corrected chi connectivity index (χ4v) is 3.49. The molecule has 0 heterocycles. The molecular formula is C21H32O2. The van der Waals surface area contributed by atoms with Gasteiger partial charge in [0.25, 0.3) is 0 Å². The number of carbonyl (C=O) groups is 1. The predicted molar refractivity (Wildman–Crippen MR) is 96.8 cm³/mol. The van der Waals surface area contributed by atoms with Crippen molar-refractivity contribution in [2.75, 3.05) is 0 Å². The number of rotatable bonds is 8. The SMILES string of the molecule is C=CC[C@@H]1CCCC(=O)[C@H]1[C@H](O)C(CC#CC)C/C=C/C(C)C. The fourth-order valence-electron chi connectivity index (χ4n) is 3.49. The molecule has 0 spiro atoms. The molecule has 128 valence electrons. The molecule has 1 aliphatic rings. The standard InChI is InChI=1S/C21H32O2/c1-5-7-12-18(14-8-11-16(3)4)21(23)20-17(10-6-2)13-9-15-19(20)22/h6,8,11,16-18,20-21,23H,2,9-10,12-15H2,1,3-4H3/b11-8+/t17-,18?,20+,21-/m1/s1. The molecule has 1 aliphatic carbocycles. The third-order valence-electron chi connectivity index (χ3n) is 4.70. The van der Waals surface area contributed by atoms with Gasteiger partial charge in [-0.2, -0.15) is 0 Å². The Hall–Kier alpha value is -1.33. The van der Waals surface area contributed by atoms with Gasteiger partial charge in [-0.25, -0.2) is 0 Å². The van der Waals surface area contributed by atoms with Crippen LogP contribution in [-0.4, -0.2) is 17.0 Å². The lowest BCUT2D eigenvalue weighted by molar-refractivity contribution is -0.133. The average Bonchev–Trinajstić information content (AvgIpc) is 2.50. The van der Waals surface area contributed by atoms with Crippen LogP contribution in [0, 0.1) is 35.5 Å². The van der Waals surface area contributed by atoms with Gasteiger partial charge >= 0.3 is 0 Å². The van der Waals surface area contributed by atoms with Crippen LogP contribution < -0.4 is 0 Å². The van der Waals surface area contributed by atoms with Gasteiger partial charge in [-0.15, -0.1) is 18.4 Å². The Kier molecular flexibility index (Phi) is 8.95. The largest absolute Gasteiger partial charge is 0.392 e. The lowest BCUT2D eigenvalue weighted by Gasteiger charge is -2.36. The van der Waals surface area contributed by atoms with Crippen LogP contribution in [0.2, 0.25) is 0 Å². The first kappa shape index (κ1) is 19.7. The first-order chi connectivity index (χ1) is 11.0. The third kappa shape index (κ3) is 6.36. The second-order valence-electron chi connectivity index (χ2n) is 6.96. The van der Waals surface area contributed by atoms with E-state index in [4.69, 9.17) is 0 Å². The maximum Gasteiger partial charge on any atom is 0.138 e. The van der Waals surface area contributed by atoms with Gasteiger partial charge in [-0.3, -0.25) is 4.79 Å². The number of hydrogen-bond donors (Lipinski definition) is 1. The summed E-state index contributed by atoms with van der Waals surface area (Å²) < 4.78 is 0. The first-order valence-electron chi connectivity index (χ1n) is 8.89. The monoisotopic (exact) mass is 316 g/mol. The Bertz CT molecular complexity index is 464. The molecule has 4 atom stereocenters. The molecule has 2 nitrogen and oxygen atoms in total. The van der Waals surface area contributed by atoms with Crippen molar-refractivity contribution >= 4 is 5.78 Å². The molecular weight excluding hydrogens is 284 g/mol. The first-order valence-corrected chi connectivity index (χ1v) is 8.89. The van der Waals surface area contributed by atoms with E-state index in [1.54, 1.807) is 0 Å². The topological polar surface area (TPSA) is 37.3 Å². The highest BCUT2D eigenvalue weighted by Gasteiger charge is 2.39. The lowest BCUT2D eigenvalue weighted by atomic mass is 9.70. The zero-order valence-corrected chi connectivity index (χ0v) is 14.9. The average molecular weight is 316 g/mol. The normalized spacial score (nSPS) is 24.3. The van der Waals surface area contributed by atoms with Crippen LogP contribution in [0.5, 0.6) is 0 Å². The summed E-state index contributed by atoms with van der Waals surface area (Å²) in [5.74, 6) is 6.73. The number of hydrogen-bond acceptors (Lipinski definition) is 2. The van der Waals surface area contributed by atoms with Crippen LogP contribution in [0.4, 0.5) is 0 Å². The highest BCUT2D eigenvalue weighted by molar-refractivity contribution is 5.82. The van der Waals surface area contributed by atoms with E-state index in [9.17, 15) is 9.90 Å². The summed E-state index contributed by atoms with van der Waals surface area (Å²) >= 11 is 0. The van der Waals surface area contributed by atoms with Crippen molar-refractivity contribution < 1.29 is 9.90 Å². The van der Waals surface area contributed by atoms with E-state index in [0.29, 0.717) is 18.8 Å². The van der Waals surface area contributed by atoms with Gasteiger partial charge in [0.15, 0.2) is 0 Å². The zero-order chi connectivity index (χ0) is 17.2. The molecule has 0 radical (unpaired) electrons. The Balaban J connectivity index is 2.89. The molecule has 0 aromatic carbocycles. The summed E-state index contributed by atoms with van der Waals surface area (Å²) in [6.45, 7) is 9.90. The highest BCUT2D eigenvalue weighted by atomic mass is 16.3. The van der Waals surface area contributed by atoms with Crippen molar-refractivity contribution in [3.8, 4) is 11.8 Å². The molecule has 0 saturated heterocycles. The van der Waals surface area contributed by atoms with Crippen molar-refractivity contribution in [3.05, 3.63) is 24.8 Å². The van der Waals surface area contributed by atoms with E-state index in [0.717, 1.165) is 25.7 Å². The highest BCUT2D eigenvalue weighted by Crippen LogP contribution is 2.36. The quantitative estimate of drug-likeness (QED) is 0.527. The Labute approximate surface area is 142 Å². The molecule has 0 aromatic heterocycles. The van der Waals surface area contributed by atoms with Crippen LogP contribution in [-0.2, 0) is 4.79 Å². The summed E-state index contributed by atoms with van der Waals surface area (Å²) in [5, 5.41) is 10.9. The van der Waals surface area contributed by atoms with Crippen molar-refractivity contribution in [2.24, 2.45) is 23.7 Å². The summed E-state index contributed by atoms with van der Waals surface area (Å²) in [5.41, 5.74) is 0. The van der Waals surface area contributed by atoms with Gasteiger partial charge < -0.3 is 5.11 Å². The van der Waals surface area contributed by atoms with Crippen molar-refractivity contribution in [1.29, 1.82) is 0 Å². The Morgan fingerprint density at radius 3 is 2.78 bits per heavy atom. The van der Waals surface area contributed by atoms with E-state index in [2.05, 4.69) is 44.4 Å². The van der Waals surface area contributed by atoms with Crippen LogP contribution in [0.15, 0.2) is 24.8 Å². The van der Waals surface area contributed by atoms with Crippen molar-refractivity contribution in [1.82, 2.24) is 0 Å². The molecule has 0 bridgehead atoms. The van der Waals surface area contributed by atoms with E-state index in [-0.39, 0.29) is 23.5 Å². The molecule has 1 unspecified atom stereocenters. The minimum absolute atomic E-state index is 0.0248. The fraction of sp³-hybridized carbons (Fsp3) is 0.667. The van der Waals surface area contributed by atoms with E-state index in [1.807, 2.05) is 13.0 Å². The van der Waals surface area contributed by atoms with Crippen LogP contribution in [0.1, 0.15) is 59.3 Å². The smallest absolute Gasteiger partial charge is 0.138 e. The van der Waals surface area contributed by atoms with Crippen molar-refractivity contribution in [3.63, 3.8) is 0 Å². The van der Waals surface area contributed by atoms with E-state index < -0.39 is 6.10 Å². The number of Topliss-reactive ketones (excluding diaryl/α,β-unsaturated/α-hetero) is 1. The molecule has 1 N–H and O–H groups in total. The van der Waals surface area contributed by atoms with Crippen LogP contribution in [0.3, 0.4) is 0 Å². The van der Waals surface area contributed by atoms with E-state index >= 15 is 0 Å². The van der Waals surface area contributed by atoms with Gasteiger partial charge in [0.2, 0.25) is 0 Å². The zero-order valence-electron chi connectivity index (χ0n) is 14.9. The minimum Gasteiger partial charge on any atom is -0.392 e. The maximum absolute atomic E-state index is 12.4. The Morgan fingerprint density at radius 2 is 2.17 bits per heavy atom. The second kappa shape index (κ2) is 10.4. The number of ketones is 1. The van der Waals surface area contributed by atoms with E-state index in [1.165, 1.54) is 0 Å². The molecule has 0 amide bonds. The van der Waals surface area contributed by atoms with Crippen LogP contribution in [0.25, 0.3) is 0 Å². The Morgan fingerprint density at radius 1 is 1.43 bits per heavy atom. The maximum atomic E-state index is 12.4. The molecule has 1 fully saturated rings. The van der Waals surface area contributed by atoms with Gasteiger partial charge in [0, 0.05) is 18.8 Å². The summed E-state index contributed by atoms with van der Waals surface area (Å²) in [7, 11) is 0. The molecule has 1 rings (SSSR count). The molecule has 23 heavy (non-hydrogen) atoms. The number of carbonyl (C=O) groups excluding carboxylic acids is 1. The number of aliphatic hydroxyl groups excluding tert-OH is 1. The lowest BCUT2D eigenvalue weighted by Crippen LogP contribution is -2.41. The summed E-state index contributed by atoms with van der Waals surface area (Å²) in [6.07, 6.45) is 10.3. The van der Waals surface area contributed by atoms with Gasteiger partial charge in [-0.05, 0) is 50.4 Å². The molecule has 0 aliphatic heterocycles. The third-order valence-corrected chi connectivity index (χ3v) is 4.70. The van der Waals surface area contributed by atoms with Crippen molar-refractivity contribution in [2.45, 2.75) is 65.4 Å². The van der Waals surface area contributed by atoms with Crippen LogP contribution >= 0.6 is 0 Å². The number of allylic oxidation sites excluding steroid dienone is 3. The summed E-state index contributed by atoms with van der Waals surface area (Å²) in [6, 6.07) is 0. The summed E-state index contributed by atoms with van der Waals surface area (Å²) in [4.78, 5) is 12.4. The molecule has 0 aromatic rings. The van der Waals surface area contributed by atoms with Gasteiger partial charge in [-0.1, -0.05) is 32.1 Å². The molecule has 1 saturated carbocycles.